The van der Waals surface area contributed by atoms with Crippen molar-refractivity contribution in [3.05, 3.63) is 35.9 Å². The number of rotatable bonds is 2. The van der Waals surface area contributed by atoms with Gasteiger partial charge in [-0.15, -0.1) is 0 Å². The van der Waals surface area contributed by atoms with Crippen LogP contribution in [0.15, 0.2) is 30.3 Å². The smallest absolute Gasteiger partial charge is 0.410 e. The van der Waals surface area contributed by atoms with Gasteiger partial charge < -0.3 is 9.64 Å². The Kier molecular flexibility index (Phi) is 4.63. The molecule has 1 amide bonds. The number of carbonyl (C=O) groups is 2. The van der Waals surface area contributed by atoms with E-state index in [-0.39, 0.29) is 17.9 Å². The minimum atomic E-state index is -0.507. The van der Waals surface area contributed by atoms with Gasteiger partial charge in [-0.2, -0.15) is 0 Å². The Morgan fingerprint density at radius 2 is 1.67 bits per heavy atom. The van der Waals surface area contributed by atoms with Gasteiger partial charge in [0, 0.05) is 44.6 Å². The van der Waals surface area contributed by atoms with E-state index in [9.17, 15) is 9.59 Å². The summed E-state index contributed by atoms with van der Waals surface area (Å²) >= 11 is 0. The standard InChI is InChI=1S/C19H26N2O3/c1-19(2,3)24-18(23)21-12-15-10-20(11-16(13-21)17(15)22)9-14-7-5-4-6-8-14/h4-8,15-16H,9-13H2,1-3H3/t15-,16+. The molecule has 1 aromatic rings. The van der Waals surface area contributed by atoms with Crippen LogP contribution in [0.5, 0.6) is 0 Å². The molecule has 0 saturated carbocycles. The molecule has 5 heteroatoms. The van der Waals surface area contributed by atoms with Crippen LogP contribution in [-0.4, -0.2) is 53.5 Å². The molecule has 2 aliphatic heterocycles. The Labute approximate surface area is 143 Å². The first kappa shape index (κ1) is 17.0. The summed E-state index contributed by atoms with van der Waals surface area (Å²) in [6.45, 7) is 8.80. The molecule has 1 aromatic carbocycles. The van der Waals surface area contributed by atoms with E-state index in [4.69, 9.17) is 4.74 Å². The largest absolute Gasteiger partial charge is 0.444 e. The maximum absolute atomic E-state index is 12.5. The number of likely N-dealkylation sites (tertiary alicyclic amines) is 2. The number of ketones is 1. The quantitative estimate of drug-likeness (QED) is 0.836. The van der Waals surface area contributed by atoms with Gasteiger partial charge in [-0.25, -0.2) is 4.79 Å². The number of amides is 1. The van der Waals surface area contributed by atoms with Crippen LogP contribution in [0.3, 0.4) is 0 Å². The highest BCUT2D eigenvalue weighted by molar-refractivity contribution is 5.87. The number of carbonyl (C=O) groups excluding carboxylic acids is 2. The average Bonchev–Trinajstić information content (AvgIpc) is 2.47. The van der Waals surface area contributed by atoms with Gasteiger partial charge in [0.15, 0.2) is 0 Å². The zero-order chi connectivity index (χ0) is 17.3. The van der Waals surface area contributed by atoms with Gasteiger partial charge in [0.25, 0.3) is 0 Å². The molecule has 0 aliphatic carbocycles. The number of benzene rings is 1. The minimum absolute atomic E-state index is 0.103. The molecule has 5 nitrogen and oxygen atoms in total. The van der Waals surface area contributed by atoms with E-state index < -0.39 is 5.60 Å². The van der Waals surface area contributed by atoms with Gasteiger partial charge in [-0.1, -0.05) is 30.3 Å². The molecule has 2 heterocycles. The van der Waals surface area contributed by atoms with Crippen molar-refractivity contribution in [3.8, 4) is 0 Å². The van der Waals surface area contributed by atoms with Crippen LogP contribution in [-0.2, 0) is 16.1 Å². The normalized spacial score (nSPS) is 24.8. The van der Waals surface area contributed by atoms with Crippen molar-refractivity contribution in [3.63, 3.8) is 0 Å². The van der Waals surface area contributed by atoms with Gasteiger partial charge >= 0.3 is 6.09 Å². The average molecular weight is 330 g/mol. The maximum Gasteiger partial charge on any atom is 0.410 e. The van der Waals surface area contributed by atoms with Crippen molar-refractivity contribution in [2.24, 2.45) is 11.8 Å². The van der Waals surface area contributed by atoms with Gasteiger partial charge in [0.2, 0.25) is 0 Å². The van der Waals surface area contributed by atoms with Gasteiger partial charge in [0.1, 0.15) is 11.4 Å². The van der Waals surface area contributed by atoms with Crippen LogP contribution in [0.2, 0.25) is 0 Å². The summed E-state index contributed by atoms with van der Waals surface area (Å²) in [4.78, 5) is 28.8. The predicted molar refractivity (Wildman–Crippen MR) is 91.5 cm³/mol. The highest BCUT2D eigenvalue weighted by Crippen LogP contribution is 2.27. The Hall–Kier alpha value is -1.88. The molecule has 2 saturated heterocycles. The van der Waals surface area contributed by atoms with Crippen LogP contribution < -0.4 is 0 Å². The summed E-state index contributed by atoms with van der Waals surface area (Å²) < 4.78 is 5.46. The van der Waals surface area contributed by atoms with E-state index in [0.717, 1.165) is 6.54 Å². The minimum Gasteiger partial charge on any atom is -0.444 e. The lowest BCUT2D eigenvalue weighted by molar-refractivity contribution is -0.137. The Morgan fingerprint density at radius 1 is 1.08 bits per heavy atom. The molecule has 2 bridgehead atoms. The highest BCUT2D eigenvalue weighted by atomic mass is 16.6. The van der Waals surface area contributed by atoms with Crippen molar-refractivity contribution in [1.29, 1.82) is 0 Å². The summed E-state index contributed by atoms with van der Waals surface area (Å²) in [6.07, 6.45) is -0.304. The van der Waals surface area contributed by atoms with Gasteiger partial charge in [-0.05, 0) is 26.3 Å². The molecule has 3 rings (SSSR count). The van der Waals surface area contributed by atoms with E-state index >= 15 is 0 Å². The summed E-state index contributed by atoms with van der Waals surface area (Å²) in [7, 11) is 0. The zero-order valence-electron chi connectivity index (χ0n) is 14.7. The summed E-state index contributed by atoms with van der Waals surface area (Å²) in [5.41, 5.74) is 0.751. The molecule has 0 radical (unpaired) electrons. The number of hydrogen-bond donors (Lipinski definition) is 0. The predicted octanol–water partition coefficient (Wildman–Crippen LogP) is 2.55. The highest BCUT2D eigenvalue weighted by Gasteiger charge is 2.43. The van der Waals surface area contributed by atoms with Crippen LogP contribution in [0.4, 0.5) is 4.79 Å². The van der Waals surface area contributed by atoms with Crippen molar-refractivity contribution in [2.75, 3.05) is 26.2 Å². The van der Waals surface area contributed by atoms with Crippen LogP contribution in [0, 0.1) is 11.8 Å². The molecule has 0 unspecified atom stereocenters. The lowest BCUT2D eigenvalue weighted by Crippen LogP contribution is -2.59. The monoisotopic (exact) mass is 330 g/mol. The van der Waals surface area contributed by atoms with Gasteiger partial charge in [-0.3, -0.25) is 9.69 Å². The molecular formula is C19H26N2O3. The molecule has 0 N–H and O–H groups in total. The van der Waals surface area contributed by atoms with Crippen LogP contribution in [0.1, 0.15) is 26.3 Å². The first-order chi connectivity index (χ1) is 11.3. The molecule has 130 valence electrons. The fourth-order valence-electron chi connectivity index (χ4n) is 3.56. The summed E-state index contributed by atoms with van der Waals surface area (Å²) in [6, 6.07) is 10.3. The summed E-state index contributed by atoms with van der Waals surface area (Å²) in [5.74, 6) is 0.0987. The zero-order valence-corrected chi connectivity index (χ0v) is 14.7. The number of nitrogens with zero attached hydrogens (tertiary/aromatic N) is 2. The molecule has 0 spiro atoms. The summed E-state index contributed by atoms with van der Waals surface area (Å²) in [5, 5.41) is 0. The third-order valence-electron chi connectivity index (χ3n) is 4.54. The molecule has 2 fully saturated rings. The Bertz CT molecular complexity index is 591. The lowest BCUT2D eigenvalue weighted by Gasteiger charge is -2.44. The molecule has 2 aliphatic rings. The second kappa shape index (κ2) is 6.55. The van der Waals surface area contributed by atoms with E-state index in [0.29, 0.717) is 32.0 Å². The second-order valence-electron chi connectivity index (χ2n) is 7.86. The Morgan fingerprint density at radius 3 is 2.21 bits per heavy atom. The van der Waals surface area contributed by atoms with E-state index in [1.165, 1.54) is 5.56 Å². The lowest BCUT2D eigenvalue weighted by atomic mass is 9.83. The van der Waals surface area contributed by atoms with Crippen LogP contribution >= 0.6 is 0 Å². The van der Waals surface area contributed by atoms with Crippen molar-refractivity contribution in [1.82, 2.24) is 9.80 Å². The fourth-order valence-corrected chi connectivity index (χ4v) is 3.56. The molecule has 0 aromatic heterocycles. The number of ether oxygens (including phenoxy) is 1. The maximum atomic E-state index is 12.5. The van der Waals surface area contributed by atoms with E-state index in [2.05, 4.69) is 17.0 Å². The van der Waals surface area contributed by atoms with Gasteiger partial charge in [0.05, 0.1) is 0 Å². The Balaban J connectivity index is 1.63. The second-order valence-corrected chi connectivity index (χ2v) is 7.86. The van der Waals surface area contributed by atoms with Crippen LogP contribution in [0.25, 0.3) is 0 Å². The van der Waals surface area contributed by atoms with Crippen molar-refractivity contribution < 1.29 is 14.3 Å². The van der Waals surface area contributed by atoms with E-state index in [1.54, 1.807) is 4.90 Å². The topological polar surface area (TPSA) is 49.9 Å². The third kappa shape index (κ3) is 3.96. The first-order valence-corrected chi connectivity index (χ1v) is 8.60. The number of piperidine rings is 2. The first-order valence-electron chi connectivity index (χ1n) is 8.60. The molecular weight excluding hydrogens is 304 g/mol. The van der Waals surface area contributed by atoms with Crippen molar-refractivity contribution >= 4 is 11.9 Å². The molecule has 2 atom stereocenters. The number of hydrogen-bond acceptors (Lipinski definition) is 4. The van der Waals surface area contributed by atoms with Crippen molar-refractivity contribution in [2.45, 2.75) is 32.9 Å². The number of Topliss-reactive ketones (excluding diaryl/α,β-unsaturated/α-hetero) is 1. The fraction of sp³-hybridized carbons (Fsp3) is 0.579. The molecule has 24 heavy (non-hydrogen) atoms. The third-order valence-corrected chi connectivity index (χ3v) is 4.54. The number of fused-ring (bicyclic) bond motifs is 2. The SMILES string of the molecule is CC(C)(C)OC(=O)N1C[C@H]2CN(Cc3ccccc3)C[C@@H](C1)C2=O. The van der Waals surface area contributed by atoms with E-state index in [1.807, 2.05) is 39.0 Å².